The minimum absolute atomic E-state index is 0.121. The van der Waals surface area contributed by atoms with Crippen LogP contribution in [0.4, 0.5) is 0 Å². The normalized spacial score (nSPS) is 10.2. The van der Waals surface area contributed by atoms with Gasteiger partial charge in [-0.3, -0.25) is 4.79 Å². The second-order valence-corrected chi connectivity index (χ2v) is 2.56. The van der Waals surface area contributed by atoms with Crippen molar-refractivity contribution in [3.05, 3.63) is 23.3 Å². The van der Waals surface area contributed by atoms with Gasteiger partial charge in [-0.15, -0.1) is 0 Å². The summed E-state index contributed by atoms with van der Waals surface area (Å²) >= 11 is 0. The van der Waals surface area contributed by atoms with Crippen LogP contribution < -0.4 is 0 Å². The first-order valence-electron chi connectivity index (χ1n) is 3.33. The number of carbonyl (C=O) groups excluding carboxylic acids is 1. The predicted octanol–water partition coefficient (Wildman–Crippen LogP) is 1.99. The van der Waals surface area contributed by atoms with E-state index in [1.165, 1.54) is 12.2 Å². The van der Waals surface area contributed by atoms with Crippen LogP contribution in [0.25, 0.3) is 0 Å². The Morgan fingerprint density at radius 1 is 1.27 bits per heavy atom. The number of nitriles is 1. The molecule has 0 amide bonds. The maximum absolute atomic E-state index is 10.9. The van der Waals surface area contributed by atoms with Crippen molar-refractivity contribution < 1.29 is 4.79 Å². The zero-order chi connectivity index (χ0) is 8.85. The summed E-state index contributed by atoms with van der Waals surface area (Å²) < 4.78 is 0. The third kappa shape index (κ3) is 5.10. The molecular formula is C9H11NO. The van der Waals surface area contributed by atoms with E-state index in [4.69, 9.17) is 5.26 Å². The van der Waals surface area contributed by atoms with E-state index in [-0.39, 0.29) is 5.78 Å². The van der Waals surface area contributed by atoms with Crippen LogP contribution in [-0.4, -0.2) is 5.78 Å². The van der Waals surface area contributed by atoms with Crippen LogP contribution in [0.2, 0.25) is 0 Å². The number of nitrogens with zero attached hydrogens (tertiary/aromatic N) is 1. The summed E-state index contributed by atoms with van der Waals surface area (Å²) in [5, 5.41) is 8.33. The third-order valence-electron chi connectivity index (χ3n) is 0.966. The van der Waals surface area contributed by atoms with Crippen LogP contribution >= 0.6 is 0 Å². The van der Waals surface area contributed by atoms with E-state index in [1.54, 1.807) is 6.92 Å². The fourth-order valence-corrected chi connectivity index (χ4v) is 0.572. The summed E-state index contributed by atoms with van der Waals surface area (Å²) in [5.74, 6) is -0.121. The quantitative estimate of drug-likeness (QED) is 0.445. The van der Waals surface area contributed by atoms with Crippen molar-refractivity contribution in [3.63, 3.8) is 0 Å². The summed E-state index contributed by atoms with van der Waals surface area (Å²) in [5.41, 5.74) is 1.38. The van der Waals surface area contributed by atoms with Gasteiger partial charge in [0, 0.05) is 5.57 Å². The molecule has 58 valence electrons. The highest BCUT2D eigenvalue weighted by Gasteiger charge is 1.92. The third-order valence-corrected chi connectivity index (χ3v) is 0.966. The average molecular weight is 149 g/mol. The van der Waals surface area contributed by atoms with Gasteiger partial charge < -0.3 is 0 Å². The van der Waals surface area contributed by atoms with Crippen molar-refractivity contribution in [2.75, 3.05) is 0 Å². The summed E-state index contributed by atoms with van der Waals surface area (Å²) in [4.78, 5) is 10.9. The minimum Gasteiger partial charge on any atom is -0.290 e. The van der Waals surface area contributed by atoms with Gasteiger partial charge in [-0.1, -0.05) is 5.57 Å². The summed E-state index contributed by atoms with van der Waals surface area (Å²) in [6.07, 6.45) is 2.83. The molecule has 0 aliphatic rings. The van der Waals surface area contributed by atoms with E-state index in [2.05, 4.69) is 0 Å². The van der Waals surface area contributed by atoms with E-state index in [9.17, 15) is 4.79 Å². The monoisotopic (exact) mass is 149 g/mol. The molecule has 0 saturated carbocycles. The maximum Gasteiger partial charge on any atom is 0.179 e. The van der Waals surface area contributed by atoms with Gasteiger partial charge >= 0.3 is 0 Å². The smallest absolute Gasteiger partial charge is 0.179 e. The zero-order valence-corrected chi connectivity index (χ0v) is 7.01. The second kappa shape index (κ2) is 4.45. The molecule has 0 radical (unpaired) electrons. The lowest BCUT2D eigenvalue weighted by atomic mass is 10.2. The van der Waals surface area contributed by atoms with Gasteiger partial charge in [0.1, 0.15) is 0 Å². The average Bonchev–Trinajstić information content (AvgIpc) is 1.85. The van der Waals surface area contributed by atoms with Gasteiger partial charge in [0.05, 0.1) is 6.07 Å². The SMILES string of the molecule is CC(C)=CC(=O)/C=C(/C)C#N. The first kappa shape index (κ1) is 9.64. The van der Waals surface area contributed by atoms with E-state index in [0.717, 1.165) is 5.57 Å². The van der Waals surface area contributed by atoms with Crippen molar-refractivity contribution in [3.8, 4) is 6.07 Å². The Morgan fingerprint density at radius 3 is 2.18 bits per heavy atom. The fraction of sp³-hybridized carbons (Fsp3) is 0.333. The molecule has 11 heavy (non-hydrogen) atoms. The van der Waals surface area contributed by atoms with Gasteiger partial charge in [0.25, 0.3) is 0 Å². The van der Waals surface area contributed by atoms with Crippen molar-refractivity contribution in [1.29, 1.82) is 5.26 Å². The Bertz CT molecular complexity index is 249. The highest BCUT2D eigenvalue weighted by atomic mass is 16.1. The molecule has 0 aromatic heterocycles. The first-order valence-corrected chi connectivity index (χ1v) is 3.33. The molecule has 0 fully saturated rings. The maximum atomic E-state index is 10.9. The van der Waals surface area contributed by atoms with E-state index in [0.29, 0.717) is 5.57 Å². The molecule has 2 nitrogen and oxygen atoms in total. The van der Waals surface area contributed by atoms with Gasteiger partial charge in [-0.05, 0) is 32.9 Å². The highest BCUT2D eigenvalue weighted by molar-refractivity contribution is 6.00. The van der Waals surface area contributed by atoms with Crippen molar-refractivity contribution >= 4 is 5.78 Å². The Hall–Kier alpha value is -1.36. The molecule has 0 aliphatic carbocycles. The van der Waals surface area contributed by atoms with Gasteiger partial charge in [-0.25, -0.2) is 0 Å². The van der Waals surface area contributed by atoms with Crippen molar-refractivity contribution in [2.45, 2.75) is 20.8 Å². The van der Waals surface area contributed by atoms with Crippen LogP contribution in [0.1, 0.15) is 20.8 Å². The zero-order valence-electron chi connectivity index (χ0n) is 7.01. The molecule has 2 heteroatoms. The number of allylic oxidation sites excluding steroid dienone is 4. The molecule has 0 rings (SSSR count). The Kier molecular flexibility index (Phi) is 3.90. The lowest BCUT2D eigenvalue weighted by Crippen LogP contribution is -1.88. The second-order valence-electron chi connectivity index (χ2n) is 2.56. The van der Waals surface area contributed by atoms with Crippen LogP contribution in [0.15, 0.2) is 23.3 Å². The highest BCUT2D eigenvalue weighted by Crippen LogP contribution is 1.94. The van der Waals surface area contributed by atoms with E-state index < -0.39 is 0 Å². The molecule has 0 spiro atoms. The van der Waals surface area contributed by atoms with Gasteiger partial charge in [0.15, 0.2) is 5.78 Å². The Labute approximate surface area is 66.8 Å². The molecule has 0 atom stereocenters. The van der Waals surface area contributed by atoms with E-state index in [1.807, 2.05) is 19.9 Å². The molecule has 0 aromatic rings. The Balaban J connectivity index is 4.34. The molecule has 0 heterocycles. The van der Waals surface area contributed by atoms with Crippen molar-refractivity contribution in [1.82, 2.24) is 0 Å². The Morgan fingerprint density at radius 2 is 1.82 bits per heavy atom. The van der Waals surface area contributed by atoms with Crippen LogP contribution in [0, 0.1) is 11.3 Å². The predicted molar refractivity (Wildman–Crippen MR) is 43.8 cm³/mol. The summed E-state index contributed by atoms with van der Waals surface area (Å²) in [7, 11) is 0. The molecule has 0 N–H and O–H groups in total. The topological polar surface area (TPSA) is 40.9 Å². The van der Waals surface area contributed by atoms with Crippen LogP contribution in [-0.2, 0) is 4.79 Å². The van der Waals surface area contributed by atoms with Crippen LogP contribution in [0.3, 0.4) is 0 Å². The minimum atomic E-state index is -0.121. The number of hydrogen-bond donors (Lipinski definition) is 0. The molecule has 0 unspecified atom stereocenters. The fourth-order valence-electron chi connectivity index (χ4n) is 0.572. The number of hydrogen-bond acceptors (Lipinski definition) is 2. The van der Waals surface area contributed by atoms with Gasteiger partial charge in [-0.2, -0.15) is 5.26 Å². The largest absolute Gasteiger partial charge is 0.290 e. The van der Waals surface area contributed by atoms with Gasteiger partial charge in [0.2, 0.25) is 0 Å². The number of ketones is 1. The standard InChI is InChI=1S/C9H11NO/c1-7(2)4-9(11)5-8(3)6-10/h4-5H,1-3H3/b8-5-. The lowest BCUT2D eigenvalue weighted by Gasteiger charge is -1.86. The van der Waals surface area contributed by atoms with E-state index >= 15 is 0 Å². The molecule has 0 bridgehead atoms. The molecule has 0 saturated heterocycles. The number of carbonyl (C=O) groups is 1. The summed E-state index contributed by atoms with van der Waals surface area (Å²) in [6, 6.07) is 1.88. The number of rotatable bonds is 2. The summed E-state index contributed by atoms with van der Waals surface area (Å²) in [6.45, 7) is 5.29. The van der Waals surface area contributed by atoms with Crippen molar-refractivity contribution in [2.24, 2.45) is 0 Å². The molecule has 0 aliphatic heterocycles. The molecular weight excluding hydrogens is 138 g/mol. The van der Waals surface area contributed by atoms with Crippen LogP contribution in [0.5, 0.6) is 0 Å². The molecule has 0 aromatic carbocycles. The first-order chi connectivity index (χ1) is 5.06. The lowest BCUT2D eigenvalue weighted by molar-refractivity contribution is -0.110.